The van der Waals surface area contributed by atoms with E-state index in [1.165, 1.54) is 12.1 Å². The Bertz CT molecular complexity index is 1380. The lowest BCUT2D eigenvalue weighted by Gasteiger charge is -2.19. The number of hydrogen-bond donors (Lipinski definition) is 1. The Morgan fingerprint density at radius 2 is 1.58 bits per heavy atom. The maximum absolute atomic E-state index is 13.5. The Hall–Kier alpha value is -4.32. The largest absolute Gasteiger partial charge is 0.343 e. The van der Waals surface area contributed by atoms with Crippen LogP contribution in [-0.2, 0) is 6.42 Å². The highest BCUT2D eigenvalue weighted by Gasteiger charge is 2.22. The van der Waals surface area contributed by atoms with Crippen LogP contribution < -0.4 is 5.32 Å². The minimum Gasteiger partial charge on any atom is -0.343 e. The molecule has 6 heteroatoms. The Balaban J connectivity index is 1.51. The maximum atomic E-state index is 13.5. The van der Waals surface area contributed by atoms with Gasteiger partial charge in [0, 0.05) is 6.20 Å². The summed E-state index contributed by atoms with van der Waals surface area (Å²) in [5.74, 6) is -0.633. The average Bonchev–Trinajstić information content (AvgIpc) is 3.25. The minimum absolute atomic E-state index is 0.233. The van der Waals surface area contributed by atoms with E-state index in [0.717, 1.165) is 11.1 Å². The van der Waals surface area contributed by atoms with Gasteiger partial charge in [-0.05, 0) is 53.9 Å². The van der Waals surface area contributed by atoms with Gasteiger partial charge in [-0.1, -0.05) is 60.7 Å². The molecule has 162 valence electrons. The maximum Gasteiger partial charge on any atom is 0.273 e. The normalized spacial score (nSPS) is 11.9. The molecule has 0 saturated heterocycles. The van der Waals surface area contributed by atoms with Crippen LogP contribution in [0.1, 0.15) is 27.7 Å². The number of nitrogens with zero attached hydrogens (tertiary/aromatic N) is 3. The van der Waals surface area contributed by atoms with Crippen molar-refractivity contribution in [3.63, 3.8) is 0 Å². The van der Waals surface area contributed by atoms with Crippen molar-refractivity contribution in [2.75, 3.05) is 0 Å². The first-order chi connectivity index (χ1) is 16.2. The molecule has 3 aromatic carbocycles. The van der Waals surface area contributed by atoms with Crippen LogP contribution in [0.15, 0.2) is 103 Å². The van der Waals surface area contributed by atoms with Crippen molar-refractivity contribution < 1.29 is 9.18 Å². The molecular weight excluding hydrogens is 415 g/mol. The van der Waals surface area contributed by atoms with Gasteiger partial charge in [0.25, 0.3) is 5.91 Å². The molecule has 0 radical (unpaired) electrons. The zero-order chi connectivity index (χ0) is 22.6. The second-order valence-electron chi connectivity index (χ2n) is 7.74. The molecule has 0 spiro atoms. The number of amides is 1. The lowest BCUT2D eigenvalue weighted by Crippen LogP contribution is -2.30. The monoisotopic (exact) mass is 436 g/mol. The number of carbonyl (C=O) groups excluding carboxylic acids is 1. The quantitative estimate of drug-likeness (QED) is 0.394. The van der Waals surface area contributed by atoms with Gasteiger partial charge >= 0.3 is 0 Å². The molecule has 0 bridgehead atoms. The van der Waals surface area contributed by atoms with Crippen LogP contribution >= 0.6 is 0 Å². The van der Waals surface area contributed by atoms with E-state index in [9.17, 15) is 9.18 Å². The van der Waals surface area contributed by atoms with Crippen molar-refractivity contribution in [3.05, 3.63) is 126 Å². The average molecular weight is 436 g/mol. The molecule has 0 aliphatic carbocycles. The molecule has 5 rings (SSSR count). The second-order valence-corrected chi connectivity index (χ2v) is 7.74. The number of hydrogen-bond acceptors (Lipinski definition) is 3. The first-order valence-corrected chi connectivity index (χ1v) is 10.7. The summed E-state index contributed by atoms with van der Waals surface area (Å²) in [6.45, 7) is 0. The number of pyridine rings is 1. The molecule has 2 heterocycles. The molecule has 5 aromatic rings. The van der Waals surface area contributed by atoms with Gasteiger partial charge in [-0.3, -0.25) is 4.79 Å². The number of benzene rings is 3. The summed E-state index contributed by atoms with van der Waals surface area (Å²) in [6, 6.07) is 29.2. The third-order valence-corrected chi connectivity index (χ3v) is 5.52. The van der Waals surface area contributed by atoms with Crippen molar-refractivity contribution in [3.8, 4) is 5.69 Å². The second kappa shape index (κ2) is 9.04. The Morgan fingerprint density at radius 3 is 2.30 bits per heavy atom. The molecule has 0 unspecified atom stereocenters. The summed E-state index contributed by atoms with van der Waals surface area (Å²) in [5.41, 5.74) is 3.57. The fraction of sp³-hybridized carbons (Fsp3) is 0.0741. The highest BCUT2D eigenvalue weighted by atomic mass is 19.1. The molecule has 2 aromatic heterocycles. The summed E-state index contributed by atoms with van der Waals surface area (Å²) >= 11 is 0. The van der Waals surface area contributed by atoms with E-state index in [2.05, 4.69) is 15.4 Å². The Morgan fingerprint density at radius 1 is 0.879 bits per heavy atom. The molecule has 1 atom stereocenters. The van der Waals surface area contributed by atoms with E-state index in [0.29, 0.717) is 23.1 Å². The van der Waals surface area contributed by atoms with E-state index < -0.39 is 0 Å². The fourth-order valence-electron chi connectivity index (χ4n) is 3.90. The lowest BCUT2D eigenvalue weighted by atomic mass is 9.98. The van der Waals surface area contributed by atoms with Crippen molar-refractivity contribution in [2.24, 2.45) is 0 Å². The van der Waals surface area contributed by atoms with Crippen LogP contribution in [0.2, 0.25) is 0 Å². The van der Waals surface area contributed by atoms with E-state index in [1.54, 1.807) is 29.1 Å². The summed E-state index contributed by atoms with van der Waals surface area (Å²) < 4.78 is 15.0. The van der Waals surface area contributed by atoms with E-state index in [4.69, 9.17) is 0 Å². The van der Waals surface area contributed by atoms with Gasteiger partial charge in [-0.15, -0.1) is 0 Å². The smallest absolute Gasteiger partial charge is 0.273 e. The topological polar surface area (TPSA) is 59.8 Å². The van der Waals surface area contributed by atoms with Gasteiger partial charge in [0.15, 0.2) is 11.3 Å². The molecule has 0 fully saturated rings. The van der Waals surface area contributed by atoms with Crippen molar-refractivity contribution >= 4 is 16.9 Å². The van der Waals surface area contributed by atoms with Crippen molar-refractivity contribution in [2.45, 2.75) is 12.5 Å². The number of aromatic nitrogens is 3. The van der Waals surface area contributed by atoms with Crippen molar-refractivity contribution in [1.29, 1.82) is 0 Å². The van der Waals surface area contributed by atoms with E-state index in [-0.39, 0.29) is 23.5 Å². The molecular formula is C27H21FN4O. The predicted molar refractivity (Wildman–Crippen MR) is 126 cm³/mol. The van der Waals surface area contributed by atoms with E-state index >= 15 is 0 Å². The Labute approximate surface area is 190 Å². The first-order valence-electron chi connectivity index (χ1n) is 10.7. The van der Waals surface area contributed by atoms with Gasteiger partial charge in [-0.2, -0.15) is 5.10 Å². The highest BCUT2D eigenvalue weighted by molar-refractivity contribution is 6.04. The van der Waals surface area contributed by atoms with Crippen molar-refractivity contribution in [1.82, 2.24) is 20.1 Å². The molecule has 1 N–H and O–H groups in total. The van der Waals surface area contributed by atoms with Crippen LogP contribution in [0.3, 0.4) is 0 Å². The number of fused-ring (bicyclic) bond motifs is 1. The summed E-state index contributed by atoms with van der Waals surface area (Å²) in [4.78, 5) is 17.9. The standard InChI is InChI=1S/C27H21FN4O/c28-21-13-15-22(16-14-21)32-26-23(12-7-17-29-26)25(31-32)27(33)30-24(20-10-5-2-6-11-20)18-19-8-3-1-4-9-19/h1-17,24H,18H2,(H,30,33)/t24-/m0/s1. The van der Waals surface area contributed by atoms with Gasteiger partial charge in [0.2, 0.25) is 0 Å². The molecule has 0 saturated carbocycles. The molecule has 0 aliphatic heterocycles. The number of halogens is 1. The molecule has 5 nitrogen and oxygen atoms in total. The van der Waals surface area contributed by atoms with Crippen LogP contribution in [0, 0.1) is 5.82 Å². The van der Waals surface area contributed by atoms with E-state index in [1.807, 2.05) is 66.7 Å². The van der Waals surface area contributed by atoms with Gasteiger partial charge in [-0.25, -0.2) is 14.1 Å². The minimum atomic E-state index is -0.340. The van der Waals surface area contributed by atoms with Crippen LogP contribution in [0.25, 0.3) is 16.7 Å². The molecule has 0 aliphatic rings. The van der Waals surface area contributed by atoms with Crippen LogP contribution in [-0.4, -0.2) is 20.7 Å². The fourth-order valence-corrected chi connectivity index (χ4v) is 3.90. The first kappa shape index (κ1) is 20.6. The zero-order valence-corrected chi connectivity index (χ0v) is 17.7. The molecule has 1 amide bonds. The summed E-state index contributed by atoms with van der Waals surface area (Å²) in [6.07, 6.45) is 2.29. The number of rotatable bonds is 6. The number of nitrogens with one attached hydrogen (secondary N) is 1. The third kappa shape index (κ3) is 4.36. The third-order valence-electron chi connectivity index (χ3n) is 5.52. The van der Waals surface area contributed by atoms with Gasteiger partial charge < -0.3 is 5.32 Å². The van der Waals surface area contributed by atoms with Crippen LogP contribution in [0.4, 0.5) is 4.39 Å². The predicted octanol–water partition coefficient (Wildman–Crippen LogP) is 5.27. The van der Waals surface area contributed by atoms with Gasteiger partial charge in [0.1, 0.15) is 5.82 Å². The van der Waals surface area contributed by atoms with Gasteiger partial charge in [0.05, 0.1) is 17.1 Å². The zero-order valence-electron chi connectivity index (χ0n) is 17.7. The summed E-state index contributed by atoms with van der Waals surface area (Å²) in [7, 11) is 0. The highest BCUT2D eigenvalue weighted by Crippen LogP contribution is 2.23. The molecule has 33 heavy (non-hydrogen) atoms. The summed E-state index contributed by atoms with van der Waals surface area (Å²) in [5, 5.41) is 8.35. The SMILES string of the molecule is O=C(N[C@@H](Cc1ccccc1)c1ccccc1)c1nn(-c2ccc(F)cc2)c2ncccc12. The Kier molecular flexibility index (Phi) is 5.64. The lowest BCUT2D eigenvalue weighted by molar-refractivity contribution is 0.0932. The van der Waals surface area contributed by atoms with Crippen LogP contribution in [0.5, 0.6) is 0 Å². The number of carbonyl (C=O) groups is 1.